The minimum atomic E-state index is -0.459. The number of hydrogen-bond donors (Lipinski definition) is 1. The van der Waals surface area contributed by atoms with Gasteiger partial charge in [0.15, 0.2) is 0 Å². The summed E-state index contributed by atoms with van der Waals surface area (Å²) < 4.78 is 4.75. The minimum Gasteiger partial charge on any atom is -0.469 e. The fourth-order valence-electron chi connectivity index (χ4n) is 2.64. The molecule has 126 valence electrons. The van der Waals surface area contributed by atoms with Gasteiger partial charge in [0.05, 0.1) is 18.0 Å². The smallest absolute Gasteiger partial charge is 0.353 e. The van der Waals surface area contributed by atoms with Gasteiger partial charge in [-0.25, -0.2) is 9.97 Å². The number of esters is 1. The van der Waals surface area contributed by atoms with E-state index in [1.54, 1.807) is 0 Å². The van der Waals surface area contributed by atoms with Gasteiger partial charge in [0.2, 0.25) is 11.6 Å². The second-order valence-corrected chi connectivity index (χ2v) is 5.36. The van der Waals surface area contributed by atoms with Gasteiger partial charge in [0.25, 0.3) is 0 Å². The fourth-order valence-corrected chi connectivity index (χ4v) is 2.64. The summed E-state index contributed by atoms with van der Waals surface area (Å²) in [6.45, 7) is 3.61. The first-order valence-electron chi connectivity index (χ1n) is 7.64. The quantitative estimate of drug-likeness (QED) is 0.477. The number of carbonyl (C=O) groups excluding carboxylic acids is 1. The van der Waals surface area contributed by atoms with E-state index in [2.05, 4.69) is 15.3 Å². The Balaban J connectivity index is 2.19. The molecule has 1 aromatic heterocycles. The predicted octanol–water partition coefficient (Wildman–Crippen LogP) is 1.60. The van der Waals surface area contributed by atoms with Gasteiger partial charge in [0, 0.05) is 19.6 Å². The van der Waals surface area contributed by atoms with Crippen LogP contribution in [0.5, 0.6) is 0 Å². The number of methoxy groups -OCH3 is 1. The number of nitro groups is 1. The second kappa shape index (κ2) is 7.70. The zero-order valence-corrected chi connectivity index (χ0v) is 13.3. The zero-order valence-electron chi connectivity index (χ0n) is 13.3. The summed E-state index contributed by atoms with van der Waals surface area (Å²) >= 11 is 0. The molecule has 1 aliphatic rings. The van der Waals surface area contributed by atoms with Crippen molar-refractivity contribution in [2.24, 2.45) is 5.92 Å². The van der Waals surface area contributed by atoms with Gasteiger partial charge in [-0.05, 0) is 19.3 Å². The van der Waals surface area contributed by atoms with Crippen LogP contribution in [-0.2, 0) is 9.53 Å². The molecule has 0 saturated carbocycles. The van der Waals surface area contributed by atoms with Crippen LogP contribution in [0.1, 0.15) is 26.2 Å². The molecule has 1 aromatic rings. The molecule has 1 N–H and O–H groups in total. The Hall–Kier alpha value is -2.45. The summed E-state index contributed by atoms with van der Waals surface area (Å²) in [7, 11) is 1.37. The highest BCUT2D eigenvalue weighted by Gasteiger charge is 2.31. The van der Waals surface area contributed by atoms with E-state index in [4.69, 9.17) is 4.74 Å². The Labute approximate surface area is 134 Å². The van der Waals surface area contributed by atoms with Gasteiger partial charge in [-0.15, -0.1) is 0 Å². The molecule has 0 aliphatic carbocycles. The number of carbonyl (C=O) groups is 1. The SMILES string of the molecule is CCCNc1ncnc(N2CCC(C(=O)OC)CC2)c1[N+](=O)[O-]. The van der Waals surface area contributed by atoms with Crippen LogP contribution < -0.4 is 10.2 Å². The van der Waals surface area contributed by atoms with E-state index in [0.717, 1.165) is 6.42 Å². The molecule has 1 saturated heterocycles. The Kier molecular flexibility index (Phi) is 5.67. The number of anilines is 2. The zero-order chi connectivity index (χ0) is 16.8. The molecule has 0 radical (unpaired) electrons. The molecule has 0 bridgehead atoms. The molecule has 1 aliphatic heterocycles. The van der Waals surface area contributed by atoms with E-state index < -0.39 is 4.92 Å². The van der Waals surface area contributed by atoms with Crippen molar-refractivity contribution in [3.05, 3.63) is 16.4 Å². The van der Waals surface area contributed by atoms with Crippen LogP contribution in [0.3, 0.4) is 0 Å². The number of nitrogens with zero attached hydrogens (tertiary/aromatic N) is 4. The highest BCUT2D eigenvalue weighted by atomic mass is 16.6. The lowest BCUT2D eigenvalue weighted by atomic mass is 9.97. The van der Waals surface area contributed by atoms with E-state index in [9.17, 15) is 14.9 Å². The second-order valence-electron chi connectivity index (χ2n) is 5.36. The van der Waals surface area contributed by atoms with Crippen molar-refractivity contribution in [1.29, 1.82) is 0 Å². The molecule has 9 heteroatoms. The largest absolute Gasteiger partial charge is 0.469 e. The van der Waals surface area contributed by atoms with Gasteiger partial charge in [-0.3, -0.25) is 14.9 Å². The maximum atomic E-state index is 11.6. The molecule has 9 nitrogen and oxygen atoms in total. The van der Waals surface area contributed by atoms with Crippen molar-refractivity contribution in [2.75, 3.05) is 37.0 Å². The summed E-state index contributed by atoms with van der Waals surface area (Å²) in [6.07, 6.45) is 3.34. The molecule has 2 heterocycles. The highest BCUT2D eigenvalue weighted by molar-refractivity contribution is 5.74. The third-order valence-corrected chi connectivity index (χ3v) is 3.86. The average Bonchev–Trinajstić information content (AvgIpc) is 2.58. The predicted molar refractivity (Wildman–Crippen MR) is 84.4 cm³/mol. The summed E-state index contributed by atoms with van der Waals surface area (Å²) in [6, 6.07) is 0. The summed E-state index contributed by atoms with van der Waals surface area (Å²) in [5.74, 6) is 0.144. The minimum absolute atomic E-state index is 0.113. The standard InChI is InChI=1S/C14H21N5O4/c1-3-6-15-12-11(19(21)22)13(17-9-16-12)18-7-4-10(5-8-18)14(20)23-2/h9-10H,3-8H2,1-2H3,(H,15,16,17). The average molecular weight is 323 g/mol. The van der Waals surface area contributed by atoms with Crippen LogP contribution in [0.4, 0.5) is 17.3 Å². The number of piperidine rings is 1. The molecule has 0 unspecified atom stereocenters. The van der Waals surface area contributed by atoms with Gasteiger partial charge in [0.1, 0.15) is 6.33 Å². The number of nitrogens with one attached hydrogen (secondary N) is 1. The van der Waals surface area contributed by atoms with E-state index in [0.29, 0.717) is 38.3 Å². The van der Waals surface area contributed by atoms with Gasteiger partial charge >= 0.3 is 11.7 Å². The first kappa shape index (κ1) is 16.9. The van der Waals surface area contributed by atoms with Crippen LogP contribution >= 0.6 is 0 Å². The summed E-state index contributed by atoms with van der Waals surface area (Å²) in [5.41, 5.74) is -0.113. The van der Waals surface area contributed by atoms with Crippen molar-refractivity contribution in [3.8, 4) is 0 Å². The van der Waals surface area contributed by atoms with Crippen LogP contribution in [0, 0.1) is 16.0 Å². The Morgan fingerprint density at radius 3 is 2.74 bits per heavy atom. The van der Waals surface area contributed by atoms with Crippen LogP contribution in [0.25, 0.3) is 0 Å². The summed E-state index contributed by atoms with van der Waals surface area (Å²) in [5, 5.41) is 14.4. The monoisotopic (exact) mass is 323 g/mol. The number of rotatable bonds is 6. The Morgan fingerprint density at radius 2 is 2.17 bits per heavy atom. The topological polar surface area (TPSA) is 110 Å². The van der Waals surface area contributed by atoms with E-state index in [-0.39, 0.29) is 23.4 Å². The molecule has 0 atom stereocenters. The first-order chi connectivity index (χ1) is 11.1. The Morgan fingerprint density at radius 1 is 1.48 bits per heavy atom. The summed E-state index contributed by atoms with van der Waals surface area (Å²) in [4.78, 5) is 32.5. The number of aromatic nitrogens is 2. The normalized spacial score (nSPS) is 15.3. The van der Waals surface area contributed by atoms with Crippen LogP contribution in [0.15, 0.2) is 6.33 Å². The Bertz CT molecular complexity index is 572. The van der Waals surface area contributed by atoms with Crippen molar-refractivity contribution < 1.29 is 14.5 Å². The van der Waals surface area contributed by atoms with Crippen molar-refractivity contribution in [3.63, 3.8) is 0 Å². The first-order valence-corrected chi connectivity index (χ1v) is 7.64. The van der Waals surface area contributed by atoms with E-state index in [1.165, 1.54) is 13.4 Å². The lowest BCUT2D eigenvalue weighted by molar-refractivity contribution is -0.383. The lowest BCUT2D eigenvalue weighted by Crippen LogP contribution is -2.37. The molecule has 23 heavy (non-hydrogen) atoms. The fraction of sp³-hybridized carbons (Fsp3) is 0.643. The molecule has 2 rings (SSSR count). The van der Waals surface area contributed by atoms with Gasteiger partial charge in [-0.2, -0.15) is 0 Å². The van der Waals surface area contributed by atoms with Crippen LogP contribution in [0.2, 0.25) is 0 Å². The van der Waals surface area contributed by atoms with E-state index >= 15 is 0 Å². The lowest BCUT2D eigenvalue weighted by Gasteiger charge is -2.31. The van der Waals surface area contributed by atoms with Crippen LogP contribution in [-0.4, -0.2) is 47.6 Å². The van der Waals surface area contributed by atoms with Crippen molar-refractivity contribution in [1.82, 2.24) is 9.97 Å². The maximum Gasteiger partial charge on any atom is 0.353 e. The molecule has 0 spiro atoms. The number of ether oxygens (including phenoxy) is 1. The molecule has 0 aromatic carbocycles. The molecular formula is C14H21N5O4. The third kappa shape index (κ3) is 3.85. The third-order valence-electron chi connectivity index (χ3n) is 3.86. The molecule has 0 amide bonds. The molecule has 1 fully saturated rings. The maximum absolute atomic E-state index is 11.6. The van der Waals surface area contributed by atoms with Gasteiger partial charge in [-0.1, -0.05) is 6.92 Å². The van der Waals surface area contributed by atoms with Gasteiger partial charge < -0.3 is 15.0 Å². The van der Waals surface area contributed by atoms with Crippen molar-refractivity contribution >= 4 is 23.3 Å². The highest BCUT2D eigenvalue weighted by Crippen LogP contribution is 2.34. The van der Waals surface area contributed by atoms with E-state index in [1.807, 2.05) is 11.8 Å². The molecular weight excluding hydrogens is 302 g/mol. The van der Waals surface area contributed by atoms with Crippen molar-refractivity contribution in [2.45, 2.75) is 26.2 Å². The number of hydrogen-bond acceptors (Lipinski definition) is 8.